The van der Waals surface area contributed by atoms with Crippen molar-refractivity contribution in [2.24, 2.45) is 5.92 Å². The SMILES string of the molecule is CC(CNc1ncc[nH]c1=O)CN1CCCCC1. The molecule has 1 saturated heterocycles. The van der Waals surface area contributed by atoms with Crippen LogP contribution in [0.5, 0.6) is 0 Å². The number of hydrogen-bond donors (Lipinski definition) is 2. The molecule has 1 aromatic heterocycles. The van der Waals surface area contributed by atoms with Crippen molar-refractivity contribution >= 4 is 5.82 Å². The Labute approximate surface area is 108 Å². The number of likely N-dealkylation sites (tertiary alicyclic amines) is 1. The van der Waals surface area contributed by atoms with Crippen LogP contribution in [0.2, 0.25) is 0 Å². The molecular formula is C13H22N4O. The van der Waals surface area contributed by atoms with E-state index in [1.165, 1.54) is 32.4 Å². The molecule has 1 unspecified atom stereocenters. The Balaban J connectivity index is 1.76. The molecule has 5 heteroatoms. The summed E-state index contributed by atoms with van der Waals surface area (Å²) in [4.78, 5) is 20.6. The van der Waals surface area contributed by atoms with Gasteiger partial charge in [0.1, 0.15) is 0 Å². The molecular weight excluding hydrogens is 228 g/mol. The lowest BCUT2D eigenvalue weighted by Gasteiger charge is -2.29. The Kier molecular flexibility index (Phi) is 4.75. The highest BCUT2D eigenvalue weighted by atomic mass is 16.1. The molecule has 100 valence electrons. The van der Waals surface area contributed by atoms with Gasteiger partial charge in [0.15, 0.2) is 5.82 Å². The van der Waals surface area contributed by atoms with Gasteiger partial charge >= 0.3 is 0 Å². The average molecular weight is 250 g/mol. The van der Waals surface area contributed by atoms with Crippen LogP contribution in [-0.4, -0.2) is 41.0 Å². The summed E-state index contributed by atoms with van der Waals surface area (Å²) in [5.41, 5.74) is -0.150. The van der Waals surface area contributed by atoms with E-state index in [-0.39, 0.29) is 5.56 Å². The highest BCUT2D eigenvalue weighted by Gasteiger charge is 2.13. The second-order valence-electron chi connectivity index (χ2n) is 5.11. The van der Waals surface area contributed by atoms with Gasteiger partial charge in [-0.2, -0.15) is 0 Å². The molecule has 0 spiro atoms. The van der Waals surface area contributed by atoms with Crippen molar-refractivity contribution in [3.05, 3.63) is 22.7 Å². The zero-order chi connectivity index (χ0) is 12.8. The standard InChI is InChI=1S/C13H22N4O/c1-11(10-17-7-3-2-4-8-17)9-16-12-13(18)15-6-5-14-12/h5-6,11H,2-4,7-10H2,1H3,(H,14,16)(H,15,18). The molecule has 0 bridgehead atoms. The topological polar surface area (TPSA) is 61.0 Å². The number of hydrogen-bond acceptors (Lipinski definition) is 4. The molecule has 2 rings (SSSR count). The van der Waals surface area contributed by atoms with Crippen LogP contribution in [0, 0.1) is 5.92 Å². The first-order chi connectivity index (χ1) is 8.75. The van der Waals surface area contributed by atoms with Crippen LogP contribution in [0.3, 0.4) is 0 Å². The highest BCUT2D eigenvalue weighted by molar-refractivity contribution is 5.29. The molecule has 18 heavy (non-hydrogen) atoms. The summed E-state index contributed by atoms with van der Waals surface area (Å²) in [5, 5.41) is 3.12. The molecule has 2 N–H and O–H groups in total. The largest absolute Gasteiger partial charge is 0.365 e. The lowest BCUT2D eigenvalue weighted by molar-refractivity contribution is 0.204. The van der Waals surface area contributed by atoms with Gasteiger partial charge in [0.25, 0.3) is 5.56 Å². The minimum atomic E-state index is -0.150. The van der Waals surface area contributed by atoms with Crippen molar-refractivity contribution in [1.82, 2.24) is 14.9 Å². The smallest absolute Gasteiger partial charge is 0.290 e. The maximum atomic E-state index is 11.4. The van der Waals surface area contributed by atoms with E-state index >= 15 is 0 Å². The van der Waals surface area contributed by atoms with Crippen molar-refractivity contribution in [2.45, 2.75) is 26.2 Å². The summed E-state index contributed by atoms with van der Waals surface area (Å²) in [6.07, 6.45) is 7.15. The molecule has 1 atom stereocenters. The van der Waals surface area contributed by atoms with Crippen molar-refractivity contribution in [3.8, 4) is 0 Å². The van der Waals surface area contributed by atoms with E-state index in [0.29, 0.717) is 11.7 Å². The van der Waals surface area contributed by atoms with Gasteiger partial charge in [-0.15, -0.1) is 0 Å². The number of rotatable bonds is 5. The lowest BCUT2D eigenvalue weighted by Crippen LogP contribution is -2.35. The summed E-state index contributed by atoms with van der Waals surface area (Å²) in [6, 6.07) is 0. The van der Waals surface area contributed by atoms with Crippen LogP contribution in [0.1, 0.15) is 26.2 Å². The van der Waals surface area contributed by atoms with Gasteiger partial charge in [-0.1, -0.05) is 13.3 Å². The number of aromatic nitrogens is 2. The zero-order valence-corrected chi connectivity index (χ0v) is 11.0. The maximum absolute atomic E-state index is 11.4. The van der Waals surface area contributed by atoms with Gasteiger partial charge in [-0.3, -0.25) is 4.79 Å². The van der Waals surface area contributed by atoms with Crippen LogP contribution in [0.4, 0.5) is 5.82 Å². The van der Waals surface area contributed by atoms with Gasteiger partial charge in [0.05, 0.1) is 0 Å². The number of aromatic amines is 1. The quantitative estimate of drug-likeness (QED) is 0.827. The molecule has 5 nitrogen and oxygen atoms in total. The fourth-order valence-corrected chi connectivity index (χ4v) is 2.40. The Bertz CT molecular complexity index is 411. The van der Waals surface area contributed by atoms with Crippen molar-refractivity contribution in [3.63, 3.8) is 0 Å². The minimum Gasteiger partial charge on any atom is -0.365 e. The van der Waals surface area contributed by atoms with Crippen molar-refractivity contribution < 1.29 is 0 Å². The number of piperidine rings is 1. The second-order valence-corrected chi connectivity index (χ2v) is 5.11. The molecule has 2 heterocycles. The van der Waals surface area contributed by atoms with E-state index in [2.05, 4.69) is 27.1 Å². The average Bonchev–Trinajstić information content (AvgIpc) is 2.39. The third-order valence-corrected chi connectivity index (χ3v) is 3.34. The lowest BCUT2D eigenvalue weighted by atomic mass is 10.1. The predicted octanol–water partition coefficient (Wildman–Crippen LogP) is 1.30. The van der Waals surface area contributed by atoms with Crippen LogP contribution in [0.15, 0.2) is 17.2 Å². The molecule has 1 aromatic rings. The maximum Gasteiger partial charge on any atom is 0.290 e. The van der Waals surface area contributed by atoms with Gasteiger partial charge in [-0.25, -0.2) is 4.98 Å². The summed E-state index contributed by atoms with van der Waals surface area (Å²) in [6.45, 7) is 6.52. The summed E-state index contributed by atoms with van der Waals surface area (Å²) in [5.74, 6) is 0.938. The normalized spacial score (nSPS) is 18.5. The first-order valence-corrected chi connectivity index (χ1v) is 6.75. The molecule has 0 amide bonds. The third-order valence-electron chi connectivity index (χ3n) is 3.34. The number of nitrogens with one attached hydrogen (secondary N) is 2. The predicted molar refractivity (Wildman–Crippen MR) is 72.8 cm³/mol. The van der Waals surface area contributed by atoms with E-state index in [1.54, 1.807) is 12.4 Å². The van der Waals surface area contributed by atoms with Gasteiger partial charge in [0, 0.05) is 25.5 Å². The van der Waals surface area contributed by atoms with E-state index in [0.717, 1.165) is 13.1 Å². The van der Waals surface area contributed by atoms with Crippen LogP contribution >= 0.6 is 0 Å². The Hall–Kier alpha value is -1.36. The number of nitrogens with zero attached hydrogens (tertiary/aromatic N) is 2. The summed E-state index contributed by atoms with van der Waals surface area (Å²) < 4.78 is 0. The Morgan fingerprint density at radius 2 is 2.22 bits per heavy atom. The third kappa shape index (κ3) is 3.84. The fourth-order valence-electron chi connectivity index (χ4n) is 2.40. The van der Waals surface area contributed by atoms with E-state index in [1.807, 2.05) is 0 Å². The van der Waals surface area contributed by atoms with Gasteiger partial charge in [0.2, 0.25) is 0 Å². The minimum absolute atomic E-state index is 0.150. The fraction of sp³-hybridized carbons (Fsp3) is 0.692. The zero-order valence-electron chi connectivity index (χ0n) is 11.0. The van der Waals surface area contributed by atoms with Crippen molar-refractivity contribution in [1.29, 1.82) is 0 Å². The molecule has 0 saturated carbocycles. The van der Waals surface area contributed by atoms with E-state index < -0.39 is 0 Å². The first kappa shape index (κ1) is 13.1. The molecule has 1 aliphatic rings. The van der Waals surface area contributed by atoms with Crippen molar-refractivity contribution in [2.75, 3.05) is 31.5 Å². The number of H-pyrrole nitrogens is 1. The van der Waals surface area contributed by atoms with E-state index in [9.17, 15) is 4.79 Å². The molecule has 1 aliphatic heterocycles. The number of anilines is 1. The highest BCUT2D eigenvalue weighted by Crippen LogP contribution is 2.10. The Morgan fingerprint density at radius 1 is 1.44 bits per heavy atom. The molecule has 0 radical (unpaired) electrons. The summed E-state index contributed by atoms with van der Waals surface area (Å²) >= 11 is 0. The van der Waals surface area contributed by atoms with Crippen LogP contribution in [0.25, 0.3) is 0 Å². The van der Waals surface area contributed by atoms with E-state index in [4.69, 9.17) is 0 Å². The summed E-state index contributed by atoms with van der Waals surface area (Å²) in [7, 11) is 0. The second kappa shape index (κ2) is 6.54. The van der Waals surface area contributed by atoms with Gasteiger partial charge in [-0.05, 0) is 31.8 Å². The monoisotopic (exact) mass is 250 g/mol. The molecule has 0 aliphatic carbocycles. The van der Waals surface area contributed by atoms with Crippen LogP contribution < -0.4 is 10.9 Å². The first-order valence-electron chi connectivity index (χ1n) is 6.75. The van der Waals surface area contributed by atoms with Gasteiger partial charge < -0.3 is 15.2 Å². The Morgan fingerprint density at radius 3 is 2.94 bits per heavy atom. The molecule has 0 aromatic carbocycles. The molecule has 1 fully saturated rings. The van der Waals surface area contributed by atoms with Crippen LogP contribution in [-0.2, 0) is 0 Å².